The summed E-state index contributed by atoms with van der Waals surface area (Å²) in [5, 5.41) is 0. The van der Waals surface area contributed by atoms with Crippen LogP contribution in [0.15, 0.2) is 36.0 Å². The maximum absolute atomic E-state index is 4.10. The predicted molar refractivity (Wildman–Crippen MR) is 103 cm³/mol. The first kappa shape index (κ1) is 21.2. The van der Waals surface area contributed by atoms with Crippen LogP contribution in [0.4, 0.5) is 0 Å². The highest BCUT2D eigenvalue weighted by Gasteiger charge is 2.34. The molecule has 0 unspecified atom stereocenters. The third kappa shape index (κ3) is 6.55. The molecule has 0 nitrogen and oxygen atoms in total. The number of rotatable bonds is 7. The molecule has 0 amide bonds. The molecular weight excluding hydrogens is 264 g/mol. The topological polar surface area (TPSA) is 0 Å². The van der Waals surface area contributed by atoms with Crippen molar-refractivity contribution in [2.45, 2.75) is 82.1 Å². The highest BCUT2D eigenvalue weighted by atomic mass is 14.4. The fraction of sp³-hybridized carbons (Fsp3) is 0.727. The molecule has 0 spiro atoms. The molecular formula is C22H40. The first-order valence-electron chi connectivity index (χ1n) is 8.75. The van der Waals surface area contributed by atoms with E-state index in [2.05, 4.69) is 94.0 Å². The van der Waals surface area contributed by atoms with Crippen molar-refractivity contribution in [1.29, 1.82) is 0 Å². The minimum atomic E-state index is 0.148. The van der Waals surface area contributed by atoms with Crippen molar-refractivity contribution in [2.24, 2.45) is 22.2 Å². The van der Waals surface area contributed by atoms with E-state index in [0.29, 0.717) is 11.3 Å². The van der Waals surface area contributed by atoms with Crippen molar-refractivity contribution in [1.82, 2.24) is 0 Å². The molecule has 0 radical (unpaired) electrons. The van der Waals surface area contributed by atoms with Gasteiger partial charge in [-0.15, -0.1) is 0 Å². The number of hydrogen-bond donors (Lipinski definition) is 0. The average molecular weight is 305 g/mol. The number of allylic oxidation sites excluding steroid dienone is 5. The van der Waals surface area contributed by atoms with E-state index in [9.17, 15) is 0 Å². The molecule has 0 saturated carbocycles. The van der Waals surface area contributed by atoms with E-state index in [0.717, 1.165) is 6.42 Å². The Labute approximate surface area is 140 Å². The molecule has 0 aromatic carbocycles. The first-order valence-corrected chi connectivity index (χ1v) is 8.75. The second-order valence-electron chi connectivity index (χ2n) is 9.58. The van der Waals surface area contributed by atoms with Gasteiger partial charge < -0.3 is 0 Å². The Balaban J connectivity index is 5.86. The quantitative estimate of drug-likeness (QED) is 0.425. The molecule has 0 bridgehead atoms. The smallest absolute Gasteiger partial charge is 0.00958 e. The Morgan fingerprint density at radius 3 is 1.82 bits per heavy atom. The van der Waals surface area contributed by atoms with E-state index in [1.165, 1.54) is 17.6 Å². The van der Waals surface area contributed by atoms with Crippen LogP contribution in [0.1, 0.15) is 82.1 Å². The lowest BCUT2D eigenvalue weighted by Gasteiger charge is -2.40. The minimum Gasteiger partial charge on any atom is -0.0988 e. The second kappa shape index (κ2) is 7.66. The van der Waals surface area contributed by atoms with Gasteiger partial charge in [-0.2, -0.15) is 0 Å². The summed E-state index contributed by atoms with van der Waals surface area (Å²) in [5.41, 5.74) is 3.60. The fourth-order valence-electron chi connectivity index (χ4n) is 3.22. The SMILES string of the molecule is C=C/C(CC(C)(C)C)=C(\C=C/C)C(C)(C)CC(C)(C)C(C)C. The fourth-order valence-corrected chi connectivity index (χ4v) is 3.22. The van der Waals surface area contributed by atoms with Gasteiger partial charge in [0.05, 0.1) is 0 Å². The lowest BCUT2D eigenvalue weighted by atomic mass is 9.65. The van der Waals surface area contributed by atoms with Crippen LogP contribution in [0.25, 0.3) is 0 Å². The van der Waals surface area contributed by atoms with Crippen LogP contribution >= 0.6 is 0 Å². The van der Waals surface area contributed by atoms with Crippen molar-refractivity contribution >= 4 is 0 Å². The van der Waals surface area contributed by atoms with Crippen LogP contribution in [0.3, 0.4) is 0 Å². The first-order chi connectivity index (χ1) is 9.77. The van der Waals surface area contributed by atoms with Gasteiger partial charge in [0.25, 0.3) is 0 Å². The summed E-state index contributed by atoms with van der Waals surface area (Å²) < 4.78 is 0. The van der Waals surface area contributed by atoms with Crippen LogP contribution < -0.4 is 0 Å². The highest BCUT2D eigenvalue weighted by molar-refractivity contribution is 5.37. The van der Waals surface area contributed by atoms with Gasteiger partial charge in [0.15, 0.2) is 0 Å². The van der Waals surface area contributed by atoms with Gasteiger partial charge in [0.2, 0.25) is 0 Å². The zero-order valence-electron chi connectivity index (χ0n) is 16.9. The second-order valence-corrected chi connectivity index (χ2v) is 9.58. The molecule has 0 aliphatic carbocycles. The summed E-state index contributed by atoms with van der Waals surface area (Å²) in [6.45, 7) is 27.3. The molecule has 0 aliphatic rings. The molecule has 0 heterocycles. The zero-order chi connectivity index (χ0) is 17.8. The molecule has 22 heavy (non-hydrogen) atoms. The van der Waals surface area contributed by atoms with Crippen molar-refractivity contribution in [2.75, 3.05) is 0 Å². The van der Waals surface area contributed by atoms with Crippen LogP contribution in [-0.2, 0) is 0 Å². The van der Waals surface area contributed by atoms with Gasteiger partial charge in [-0.25, -0.2) is 0 Å². The molecule has 0 heteroatoms. The monoisotopic (exact) mass is 304 g/mol. The maximum atomic E-state index is 4.10. The molecule has 0 aliphatic heterocycles. The third-order valence-electron chi connectivity index (χ3n) is 4.84. The number of hydrogen-bond acceptors (Lipinski definition) is 0. The summed E-state index contributed by atoms with van der Waals surface area (Å²) in [7, 11) is 0. The van der Waals surface area contributed by atoms with E-state index in [-0.39, 0.29) is 10.8 Å². The highest BCUT2D eigenvalue weighted by Crippen LogP contribution is 2.45. The Kier molecular flexibility index (Phi) is 7.39. The normalized spacial score (nSPS) is 15.4. The largest absolute Gasteiger partial charge is 0.0988 e. The molecule has 0 N–H and O–H groups in total. The Morgan fingerprint density at radius 1 is 1.00 bits per heavy atom. The molecule has 0 aromatic heterocycles. The summed E-state index contributed by atoms with van der Waals surface area (Å²) in [6, 6.07) is 0. The Bertz CT molecular complexity index is 419. The molecule has 0 saturated heterocycles. The van der Waals surface area contributed by atoms with Gasteiger partial charge >= 0.3 is 0 Å². The van der Waals surface area contributed by atoms with Gasteiger partial charge in [-0.1, -0.05) is 87.1 Å². The standard InChI is InChI=1S/C22H40/c1-12-14-19(18(13-2)15-20(5,6)7)22(10,11)16-21(8,9)17(3)4/h12-14,17H,2,15-16H2,1,3-11H3/b14-12-,19-18-. The average Bonchev–Trinajstić information content (AvgIpc) is 2.30. The van der Waals surface area contributed by atoms with Gasteiger partial charge in [-0.3, -0.25) is 0 Å². The van der Waals surface area contributed by atoms with E-state index in [1.54, 1.807) is 0 Å². The van der Waals surface area contributed by atoms with Gasteiger partial charge in [0, 0.05) is 0 Å². The van der Waals surface area contributed by atoms with E-state index < -0.39 is 0 Å². The van der Waals surface area contributed by atoms with Crippen LogP contribution in [0.2, 0.25) is 0 Å². The maximum Gasteiger partial charge on any atom is -0.00958 e. The lowest BCUT2D eigenvalue weighted by molar-refractivity contribution is 0.162. The third-order valence-corrected chi connectivity index (χ3v) is 4.84. The van der Waals surface area contributed by atoms with E-state index in [4.69, 9.17) is 0 Å². The summed E-state index contributed by atoms with van der Waals surface area (Å²) in [4.78, 5) is 0. The van der Waals surface area contributed by atoms with Gasteiger partial charge in [-0.05, 0) is 53.1 Å². The predicted octanol–water partition coefficient (Wildman–Crippen LogP) is 7.58. The van der Waals surface area contributed by atoms with Crippen LogP contribution in [0, 0.1) is 22.2 Å². The Hall–Kier alpha value is -0.780. The van der Waals surface area contributed by atoms with Crippen molar-refractivity contribution in [3.63, 3.8) is 0 Å². The summed E-state index contributed by atoms with van der Waals surface area (Å²) in [6.07, 6.45) is 8.80. The van der Waals surface area contributed by atoms with Crippen molar-refractivity contribution < 1.29 is 0 Å². The zero-order valence-corrected chi connectivity index (χ0v) is 16.9. The van der Waals surface area contributed by atoms with Gasteiger partial charge in [0.1, 0.15) is 0 Å². The Morgan fingerprint density at radius 2 is 1.50 bits per heavy atom. The minimum absolute atomic E-state index is 0.148. The van der Waals surface area contributed by atoms with E-state index >= 15 is 0 Å². The van der Waals surface area contributed by atoms with E-state index in [1.807, 2.05) is 0 Å². The molecule has 0 rings (SSSR count). The lowest BCUT2D eigenvalue weighted by Crippen LogP contribution is -2.29. The van der Waals surface area contributed by atoms with Crippen LogP contribution in [-0.4, -0.2) is 0 Å². The molecule has 0 fully saturated rings. The summed E-state index contributed by atoms with van der Waals surface area (Å²) >= 11 is 0. The molecule has 128 valence electrons. The van der Waals surface area contributed by atoms with Crippen molar-refractivity contribution in [3.05, 3.63) is 36.0 Å². The summed E-state index contributed by atoms with van der Waals surface area (Å²) in [5.74, 6) is 0.674. The molecule has 0 aromatic rings. The molecule has 0 atom stereocenters. The van der Waals surface area contributed by atoms with Crippen LogP contribution in [0.5, 0.6) is 0 Å². The van der Waals surface area contributed by atoms with Crippen molar-refractivity contribution in [3.8, 4) is 0 Å².